The second-order valence-corrected chi connectivity index (χ2v) is 7.68. The van der Waals surface area contributed by atoms with E-state index in [0.29, 0.717) is 11.4 Å². The van der Waals surface area contributed by atoms with Gasteiger partial charge in [0.2, 0.25) is 0 Å². The molecule has 7 nitrogen and oxygen atoms in total. The van der Waals surface area contributed by atoms with Gasteiger partial charge in [-0.05, 0) is 60.6 Å². The van der Waals surface area contributed by atoms with Gasteiger partial charge in [-0.3, -0.25) is 4.79 Å². The van der Waals surface area contributed by atoms with Crippen LogP contribution in [0.5, 0.6) is 0 Å². The van der Waals surface area contributed by atoms with Crippen LogP contribution < -0.4 is 16.0 Å². The van der Waals surface area contributed by atoms with Crippen molar-refractivity contribution in [3.63, 3.8) is 0 Å². The summed E-state index contributed by atoms with van der Waals surface area (Å²) in [5, 5.41) is 8.03. The number of fused-ring (bicyclic) bond motifs is 1. The van der Waals surface area contributed by atoms with E-state index in [4.69, 9.17) is 4.74 Å². The van der Waals surface area contributed by atoms with Gasteiger partial charge in [0.1, 0.15) is 6.04 Å². The van der Waals surface area contributed by atoms with Crippen LogP contribution in [0.4, 0.5) is 16.2 Å². The summed E-state index contributed by atoms with van der Waals surface area (Å²) in [6.07, 6.45) is 3.22. The standard InChI is InChI=1S/C23H27N3O4/c1-15(2)21(26-23(29)25-18-9-4-3-5-10-18)22(28)30-14-20(27)24-19-12-11-16-7-6-8-17(16)13-19/h3-5,9-13,15,21H,6-8,14H2,1-2H3,(H,24,27)(H2,25,26,29)/t21-/m0/s1. The molecule has 1 atom stereocenters. The van der Waals surface area contributed by atoms with Gasteiger partial charge in [0.15, 0.2) is 6.61 Å². The van der Waals surface area contributed by atoms with Crippen molar-refractivity contribution in [2.24, 2.45) is 5.92 Å². The van der Waals surface area contributed by atoms with Gasteiger partial charge < -0.3 is 20.7 Å². The van der Waals surface area contributed by atoms with Crippen molar-refractivity contribution < 1.29 is 19.1 Å². The lowest BCUT2D eigenvalue weighted by molar-refractivity contribution is -0.150. The number of esters is 1. The van der Waals surface area contributed by atoms with Crippen LogP contribution in [-0.4, -0.2) is 30.6 Å². The average Bonchev–Trinajstić information content (AvgIpc) is 3.18. The van der Waals surface area contributed by atoms with Crippen molar-refractivity contribution in [3.05, 3.63) is 59.7 Å². The first kappa shape index (κ1) is 21.4. The Morgan fingerprint density at radius 2 is 1.67 bits per heavy atom. The Kier molecular flexibility index (Phi) is 7.06. The Morgan fingerprint density at radius 1 is 0.933 bits per heavy atom. The molecule has 2 aromatic carbocycles. The van der Waals surface area contributed by atoms with E-state index in [1.54, 1.807) is 38.1 Å². The topological polar surface area (TPSA) is 96.5 Å². The van der Waals surface area contributed by atoms with Crippen molar-refractivity contribution in [1.82, 2.24) is 5.32 Å². The fourth-order valence-electron chi connectivity index (χ4n) is 3.40. The Hall–Kier alpha value is -3.35. The Bertz CT molecular complexity index is 912. The number of carbonyl (C=O) groups is 3. The van der Waals surface area contributed by atoms with E-state index in [9.17, 15) is 14.4 Å². The molecule has 0 radical (unpaired) electrons. The molecule has 0 unspecified atom stereocenters. The van der Waals surface area contributed by atoms with Crippen molar-refractivity contribution in [2.75, 3.05) is 17.2 Å². The zero-order valence-electron chi connectivity index (χ0n) is 17.2. The highest BCUT2D eigenvalue weighted by Gasteiger charge is 2.26. The first-order valence-corrected chi connectivity index (χ1v) is 10.1. The molecule has 0 bridgehead atoms. The second-order valence-electron chi connectivity index (χ2n) is 7.68. The number of ether oxygens (including phenoxy) is 1. The van der Waals surface area contributed by atoms with Gasteiger partial charge >= 0.3 is 12.0 Å². The summed E-state index contributed by atoms with van der Waals surface area (Å²) >= 11 is 0. The van der Waals surface area contributed by atoms with Crippen molar-refractivity contribution in [2.45, 2.75) is 39.2 Å². The molecule has 158 valence electrons. The molecule has 0 aromatic heterocycles. The van der Waals surface area contributed by atoms with Crippen LogP contribution in [0, 0.1) is 5.92 Å². The fourth-order valence-corrected chi connectivity index (χ4v) is 3.40. The fraction of sp³-hybridized carbons (Fsp3) is 0.348. The van der Waals surface area contributed by atoms with Crippen LogP contribution in [-0.2, 0) is 27.2 Å². The maximum Gasteiger partial charge on any atom is 0.329 e. The molecule has 0 spiro atoms. The predicted molar refractivity (Wildman–Crippen MR) is 115 cm³/mol. The number of rotatable bonds is 7. The molecule has 3 rings (SSSR count). The molecule has 0 aliphatic heterocycles. The van der Waals surface area contributed by atoms with Crippen molar-refractivity contribution in [3.8, 4) is 0 Å². The van der Waals surface area contributed by atoms with Crippen molar-refractivity contribution in [1.29, 1.82) is 0 Å². The molecule has 3 N–H and O–H groups in total. The number of nitrogens with one attached hydrogen (secondary N) is 3. The van der Waals surface area contributed by atoms with Crippen LogP contribution in [0.3, 0.4) is 0 Å². The van der Waals surface area contributed by atoms with Crippen LogP contribution in [0.25, 0.3) is 0 Å². The quantitative estimate of drug-likeness (QED) is 0.610. The zero-order chi connectivity index (χ0) is 21.5. The molecule has 30 heavy (non-hydrogen) atoms. The predicted octanol–water partition coefficient (Wildman–Crippen LogP) is 3.50. The minimum atomic E-state index is -0.874. The largest absolute Gasteiger partial charge is 0.454 e. The average molecular weight is 409 g/mol. The lowest BCUT2D eigenvalue weighted by atomic mass is 10.1. The number of hydrogen-bond acceptors (Lipinski definition) is 4. The van der Waals surface area contributed by atoms with E-state index in [2.05, 4.69) is 16.0 Å². The lowest BCUT2D eigenvalue weighted by Gasteiger charge is -2.21. The number of para-hydroxylation sites is 1. The number of anilines is 2. The minimum absolute atomic E-state index is 0.209. The third kappa shape index (κ3) is 5.83. The van der Waals surface area contributed by atoms with Crippen LogP contribution in [0.15, 0.2) is 48.5 Å². The summed E-state index contributed by atoms with van der Waals surface area (Å²) in [5.41, 5.74) is 3.87. The SMILES string of the molecule is CC(C)[C@H](NC(=O)Nc1ccccc1)C(=O)OCC(=O)Nc1ccc2c(c1)CCC2. The van der Waals surface area contributed by atoms with E-state index in [1.165, 1.54) is 11.1 Å². The number of carbonyl (C=O) groups excluding carboxylic acids is 3. The maximum absolute atomic E-state index is 12.4. The molecule has 0 saturated carbocycles. The summed E-state index contributed by atoms with van der Waals surface area (Å²) in [4.78, 5) is 36.8. The van der Waals surface area contributed by atoms with Crippen LogP contribution >= 0.6 is 0 Å². The maximum atomic E-state index is 12.4. The normalized spacial score (nSPS) is 13.3. The molecule has 1 aliphatic rings. The van der Waals surface area contributed by atoms with Gasteiger partial charge in [0, 0.05) is 11.4 Å². The Morgan fingerprint density at radius 3 is 2.40 bits per heavy atom. The van der Waals surface area contributed by atoms with Crippen LogP contribution in [0.2, 0.25) is 0 Å². The third-order valence-corrected chi connectivity index (χ3v) is 4.97. The molecule has 7 heteroatoms. The number of urea groups is 1. The number of hydrogen-bond donors (Lipinski definition) is 3. The summed E-state index contributed by atoms with van der Waals surface area (Å²) in [6.45, 7) is 3.17. The van der Waals surface area contributed by atoms with Gasteiger partial charge in [0.05, 0.1) is 0 Å². The van der Waals surface area contributed by atoms with E-state index in [1.807, 2.05) is 24.3 Å². The van der Waals surface area contributed by atoms with Gasteiger partial charge in [-0.25, -0.2) is 9.59 Å². The van der Waals surface area contributed by atoms with Gasteiger partial charge in [-0.2, -0.15) is 0 Å². The second kappa shape index (κ2) is 9.91. The van der Waals surface area contributed by atoms with Crippen molar-refractivity contribution >= 4 is 29.3 Å². The monoisotopic (exact) mass is 409 g/mol. The molecule has 0 fully saturated rings. The highest BCUT2D eigenvalue weighted by molar-refractivity contribution is 5.95. The number of aryl methyl sites for hydroxylation is 2. The third-order valence-electron chi connectivity index (χ3n) is 4.97. The molecular weight excluding hydrogens is 382 g/mol. The van der Waals surface area contributed by atoms with Gasteiger partial charge in [0.25, 0.3) is 5.91 Å². The van der Waals surface area contributed by atoms with E-state index in [-0.39, 0.29) is 5.92 Å². The van der Waals surface area contributed by atoms with Crippen LogP contribution in [0.1, 0.15) is 31.4 Å². The Labute approximate surface area is 176 Å². The molecule has 0 heterocycles. The van der Waals surface area contributed by atoms with E-state index < -0.39 is 30.6 Å². The molecular formula is C23H27N3O4. The Balaban J connectivity index is 1.49. The summed E-state index contributed by atoms with van der Waals surface area (Å²) < 4.78 is 5.15. The smallest absolute Gasteiger partial charge is 0.329 e. The summed E-state index contributed by atoms with van der Waals surface area (Å²) in [6, 6.07) is 13.4. The number of benzene rings is 2. The van der Waals surface area contributed by atoms with E-state index in [0.717, 1.165) is 19.3 Å². The molecule has 0 saturated heterocycles. The highest BCUT2D eigenvalue weighted by Crippen LogP contribution is 2.24. The molecule has 2 aromatic rings. The summed E-state index contributed by atoms with van der Waals surface area (Å²) in [5.74, 6) is -1.28. The zero-order valence-corrected chi connectivity index (χ0v) is 17.2. The highest BCUT2D eigenvalue weighted by atomic mass is 16.5. The lowest BCUT2D eigenvalue weighted by Crippen LogP contribution is -2.47. The first-order chi connectivity index (χ1) is 14.4. The van der Waals surface area contributed by atoms with E-state index >= 15 is 0 Å². The first-order valence-electron chi connectivity index (χ1n) is 10.1. The molecule has 3 amide bonds. The minimum Gasteiger partial charge on any atom is -0.454 e. The van der Waals surface area contributed by atoms with Gasteiger partial charge in [-0.1, -0.05) is 38.1 Å². The molecule has 1 aliphatic carbocycles. The summed E-state index contributed by atoms with van der Waals surface area (Å²) in [7, 11) is 0. The van der Waals surface area contributed by atoms with Gasteiger partial charge in [-0.15, -0.1) is 0 Å². The number of amides is 3.